The topological polar surface area (TPSA) is 12.0 Å². The zero-order chi connectivity index (χ0) is 13.1. The summed E-state index contributed by atoms with van der Waals surface area (Å²) in [4.78, 5) is 0. The van der Waals surface area contributed by atoms with E-state index in [9.17, 15) is 4.39 Å². The molecule has 0 unspecified atom stereocenters. The predicted octanol–water partition coefficient (Wildman–Crippen LogP) is 5.62. The molecule has 1 N–H and O–H groups in total. The van der Waals surface area contributed by atoms with Crippen molar-refractivity contribution in [3.63, 3.8) is 0 Å². The second kappa shape index (κ2) is 6.04. The second-order valence-electron chi connectivity index (χ2n) is 3.71. The molecule has 0 aliphatic rings. The Labute approximate surface area is 127 Å². The smallest absolute Gasteiger partial charge is 0.128 e. The summed E-state index contributed by atoms with van der Waals surface area (Å²) in [6, 6.07) is 10.3. The van der Waals surface area contributed by atoms with E-state index in [4.69, 9.17) is 11.6 Å². The van der Waals surface area contributed by atoms with Gasteiger partial charge in [0.25, 0.3) is 0 Å². The molecular formula is C13H9Br2ClFN. The standard InChI is InChI=1S/C13H9Br2ClFN/c14-9-1-3-11(15)13(6-9)18-7-8-5-10(16)2-4-12(8)17/h1-6,18H,7H2. The first-order chi connectivity index (χ1) is 8.56. The number of nitrogens with one attached hydrogen (secondary N) is 1. The second-order valence-corrected chi connectivity index (χ2v) is 5.92. The molecule has 18 heavy (non-hydrogen) atoms. The van der Waals surface area contributed by atoms with Crippen molar-refractivity contribution in [2.75, 3.05) is 5.32 Å². The van der Waals surface area contributed by atoms with Gasteiger partial charge >= 0.3 is 0 Å². The lowest BCUT2D eigenvalue weighted by Gasteiger charge is -2.10. The molecule has 1 nitrogen and oxygen atoms in total. The fraction of sp³-hybridized carbons (Fsp3) is 0.0769. The fourth-order valence-electron chi connectivity index (χ4n) is 1.50. The van der Waals surface area contributed by atoms with Crippen LogP contribution in [0.25, 0.3) is 0 Å². The molecule has 0 radical (unpaired) electrons. The van der Waals surface area contributed by atoms with Crippen molar-refractivity contribution in [2.24, 2.45) is 0 Å². The third-order valence-corrected chi connectivity index (χ3v) is 3.83. The number of anilines is 1. The first-order valence-corrected chi connectivity index (χ1v) is 7.15. The molecule has 0 amide bonds. The summed E-state index contributed by atoms with van der Waals surface area (Å²) in [5, 5.41) is 3.69. The minimum atomic E-state index is -0.266. The maximum atomic E-state index is 13.5. The van der Waals surface area contributed by atoms with Crippen molar-refractivity contribution in [3.8, 4) is 0 Å². The average molecular weight is 393 g/mol. The normalized spacial score (nSPS) is 10.4. The van der Waals surface area contributed by atoms with Gasteiger partial charge in [0.1, 0.15) is 5.82 Å². The molecule has 0 fully saturated rings. The van der Waals surface area contributed by atoms with Gasteiger partial charge in [-0.25, -0.2) is 4.39 Å². The minimum absolute atomic E-state index is 0.266. The van der Waals surface area contributed by atoms with Gasteiger partial charge in [-0.2, -0.15) is 0 Å². The van der Waals surface area contributed by atoms with Gasteiger partial charge in [0, 0.05) is 31.8 Å². The lowest BCUT2D eigenvalue weighted by molar-refractivity contribution is 0.613. The van der Waals surface area contributed by atoms with Crippen molar-refractivity contribution in [2.45, 2.75) is 6.54 Å². The molecule has 0 aliphatic heterocycles. The van der Waals surface area contributed by atoms with E-state index in [2.05, 4.69) is 37.2 Å². The minimum Gasteiger partial charge on any atom is -0.380 e. The molecule has 5 heteroatoms. The first kappa shape index (κ1) is 13.8. The van der Waals surface area contributed by atoms with Gasteiger partial charge in [-0.05, 0) is 52.3 Å². The van der Waals surface area contributed by atoms with Gasteiger partial charge in [0.15, 0.2) is 0 Å². The average Bonchev–Trinajstić information content (AvgIpc) is 2.34. The Morgan fingerprint density at radius 3 is 2.67 bits per heavy atom. The van der Waals surface area contributed by atoms with Crippen molar-refractivity contribution >= 4 is 49.1 Å². The number of hydrogen-bond donors (Lipinski definition) is 1. The molecule has 0 spiro atoms. The molecule has 2 aromatic carbocycles. The molecule has 2 aromatic rings. The Balaban J connectivity index is 2.16. The van der Waals surface area contributed by atoms with E-state index >= 15 is 0 Å². The van der Waals surface area contributed by atoms with Crippen LogP contribution in [-0.2, 0) is 6.54 Å². The third-order valence-electron chi connectivity index (χ3n) is 2.41. The van der Waals surface area contributed by atoms with Crippen LogP contribution in [-0.4, -0.2) is 0 Å². The highest BCUT2D eigenvalue weighted by atomic mass is 79.9. The van der Waals surface area contributed by atoms with Gasteiger partial charge in [0.2, 0.25) is 0 Å². The van der Waals surface area contributed by atoms with Crippen LogP contribution in [0.5, 0.6) is 0 Å². The van der Waals surface area contributed by atoms with E-state index < -0.39 is 0 Å². The van der Waals surface area contributed by atoms with Crippen LogP contribution >= 0.6 is 43.5 Å². The summed E-state index contributed by atoms with van der Waals surface area (Å²) >= 11 is 12.7. The van der Waals surface area contributed by atoms with Crippen LogP contribution in [0.3, 0.4) is 0 Å². The van der Waals surface area contributed by atoms with E-state index in [0.29, 0.717) is 17.1 Å². The Bertz CT molecular complexity index is 523. The summed E-state index contributed by atoms with van der Waals surface area (Å²) in [5.74, 6) is -0.266. The molecule has 0 bridgehead atoms. The van der Waals surface area contributed by atoms with Crippen molar-refractivity contribution in [1.29, 1.82) is 0 Å². The Morgan fingerprint density at radius 1 is 1.11 bits per heavy atom. The quantitative estimate of drug-likeness (QED) is 0.714. The Kier molecular flexibility index (Phi) is 4.65. The van der Waals surface area contributed by atoms with Gasteiger partial charge in [-0.15, -0.1) is 0 Å². The Hall–Kier alpha value is -0.580. The van der Waals surface area contributed by atoms with E-state index in [1.807, 2.05) is 18.2 Å². The van der Waals surface area contributed by atoms with Crippen molar-refractivity contribution < 1.29 is 4.39 Å². The number of hydrogen-bond acceptors (Lipinski definition) is 1. The molecule has 2 rings (SSSR count). The fourth-order valence-corrected chi connectivity index (χ4v) is 2.44. The van der Waals surface area contributed by atoms with Crippen molar-refractivity contribution in [1.82, 2.24) is 0 Å². The van der Waals surface area contributed by atoms with Crippen LogP contribution in [0.15, 0.2) is 45.3 Å². The summed E-state index contributed by atoms with van der Waals surface area (Å²) in [5.41, 5.74) is 1.43. The molecule has 0 heterocycles. The van der Waals surface area contributed by atoms with E-state index in [0.717, 1.165) is 14.6 Å². The number of benzene rings is 2. The monoisotopic (exact) mass is 391 g/mol. The number of halogens is 4. The summed E-state index contributed by atoms with van der Waals surface area (Å²) < 4.78 is 15.4. The lowest BCUT2D eigenvalue weighted by Crippen LogP contribution is -2.02. The van der Waals surface area contributed by atoms with Crippen LogP contribution in [0, 0.1) is 5.82 Å². The highest BCUT2D eigenvalue weighted by Gasteiger charge is 2.05. The predicted molar refractivity (Wildman–Crippen MR) is 80.6 cm³/mol. The van der Waals surface area contributed by atoms with Crippen LogP contribution < -0.4 is 5.32 Å². The maximum Gasteiger partial charge on any atom is 0.128 e. The van der Waals surface area contributed by atoms with Crippen LogP contribution in [0.2, 0.25) is 5.02 Å². The van der Waals surface area contributed by atoms with Gasteiger partial charge < -0.3 is 5.32 Å². The largest absolute Gasteiger partial charge is 0.380 e. The van der Waals surface area contributed by atoms with E-state index in [1.54, 1.807) is 6.07 Å². The molecule has 0 saturated carbocycles. The summed E-state index contributed by atoms with van der Waals surface area (Å²) in [6.45, 7) is 0.376. The van der Waals surface area contributed by atoms with Crippen LogP contribution in [0.1, 0.15) is 5.56 Å². The third kappa shape index (κ3) is 3.46. The van der Waals surface area contributed by atoms with Crippen LogP contribution in [0.4, 0.5) is 10.1 Å². The summed E-state index contributed by atoms with van der Waals surface area (Å²) in [7, 11) is 0. The maximum absolute atomic E-state index is 13.5. The van der Waals surface area contributed by atoms with E-state index in [-0.39, 0.29) is 5.82 Å². The highest BCUT2D eigenvalue weighted by Crippen LogP contribution is 2.27. The van der Waals surface area contributed by atoms with Gasteiger partial charge in [-0.3, -0.25) is 0 Å². The van der Waals surface area contributed by atoms with E-state index in [1.165, 1.54) is 12.1 Å². The van der Waals surface area contributed by atoms with Crippen molar-refractivity contribution in [3.05, 3.63) is 61.7 Å². The number of rotatable bonds is 3. The molecule has 0 atom stereocenters. The lowest BCUT2D eigenvalue weighted by atomic mass is 10.2. The zero-order valence-electron chi connectivity index (χ0n) is 9.18. The van der Waals surface area contributed by atoms with Gasteiger partial charge in [-0.1, -0.05) is 27.5 Å². The molecular weight excluding hydrogens is 384 g/mol. The molecule has 0 aliphatic carbocycles. The molecule has 94 valence electrons. The zero-order valence-corrected chi connectivity index (χ0v) is 13.1. The first-order valence-electron chi connectivity index (χ1n) is 5.19. The SMILES string of the molecule is Fc1ccc(Cl)cc1CNc1cc(Br)ccc1Br. The Morgan fingerprint density at radius 2 is 1.89 bits per heavy atom. The molecule has 0 aromatic heterocycles. The molecule has 0 saturated heterocycles. The summed E-state index contributed by atoms with van der Waals surface area (Å²) in [6.07, 6.45) is 0. The van der Waals surface area contributed by atoms with Gasteiger partial charge in [0.05, 0.1) is 0 Å². The highest BCUT2D eigenvalue weighted by molar-refractivity contribution is 9.11.